The molecule has 0 spiro atoms. The monoisotopic (exact) mass is 276 g/mol. The molecule has 98 valence electrons. The van der Waals surface area contributed by atoms with Crippen molar-refractivity contribution in [1.82, 2.24) is 0 Å². The first-order valence-electron chi connectivity index (χ1n) is 4.90. The lowest BCUT2D eigenvalue weighted by atomic mass is 10.2. The number of methoxy groups -OCH3 is 1. The van der Waals surface area contributed by atoms with Crippen LogP contribution in [0.5, 0.6) is 0 Å². The second-order valence-electron chi connectivity index (χ2n) is 3.27. The maximum atomic E-state index is 13.6. The molecule has 8 heteroatoms. The molecule has 0 heterocycles. The fourth-order valence-corrected chi connectivity index (χ4v) is 1.41. The standard InChI is InChI=1S/C10H10ClFN2O4/c1-18-8(15)4-5-13-10-7(14(16)17)3-2-6(11)9(10)12/h2-3,13H,4-5H2,1H3. The molecule has 6 nitrogen and oxygen atoms in total. The molecule has 0 saturated carbocycles. The lowest BCUT2D eigenvalue weighted by Crippen LogP contribution is -2.12. The Morgan fingerprint density at radius 3 is 2.83 bits per heavy atom. The van der Waals surface area contributed by atoms with E-state index in [0.717, 1.165) is 12.1 Å². The van der Waals surface area contributed by atoms with Crippen LogP contribution in [-0.2, 0) is 9.53 Å². The fraction of sp³-hybridized carbons (Fsp3) is 0.300. The average Bonchev–Trinajstić information content (AvgIpc) is 2.33. The van der Waals surface area contributed by atoms with Gasteiger partial charge in [-0.2, -0.15) is 0 Å². The van der Waals surface area contributed by atoms with Gasteiger partial charge in [0.1, 0.15) is 0 Å². The van der Waals surface area contributed by atoms with Crippen molar-refractivity contribution in [2.45, 2.75) is 6.42 Å². The number of nitro groups is 1. The van der Waals surface area contributed by atoms with Gasteiger partial charge in [0, 0.05) is 12.6 Å². The highest BCUT2D eigenvalue weighted by molar-refractivity contribution is 6.31. The van der Waals surface area contributed by atoms with Crippen molar-refractivity contribution in [2.24, 2.45) is 0 Å². The molecule has 1 rings (SSSR count). The molecule has 1 aromatic carbocycles. The zero-order valence-electron chi connectivity index (χ0n) is 9.41. The Morgan fingerprint density at radius 2 is 2.28 bits per heavy atom. The summed E-state index contributed by atoms with van der Waals surface area (Å²) < 4.78 is 18.0. The molecule has 0 unspecified atom stereocenters. The molecule has 0 aliphatic rings. The fourth-order valence-electron chi connectivity index (χ4n) is 1.25. The van der Waals surface area contributed by atoms with E-state index in [4.69, 9.17) is 11.6 Å². The molecule has 1 N–H and O–H groups in total. The molecule has 0 fully saturated rings. The zero-order chi connectivity index (χ0) is 13.7. The van der Waals surface area contributed by atoms with Crippen LogP contribution in [0.4, 0.5) is 15.8 Å². The summed E-state index contributed by atoms with van der Waals surface area (Å²) in [4.78, 5) is 20.8. The quantitative estimate of drug-likeness (QED) is 0.507. The Hall–Kier alpha value is -1.89. The Bertz CT molecular complexity index is 481. The minimum Gasteiger partial charge on any atom is -0.469 e. The van der Waals surface area contributed by atoms with Gasteiger partial charge >= 0.3 is 5.97 Å². The summed E-state index contributed by atoms with van der Waals surface area (Å²) in [6.07, 6.45) is -0.0421. The van der Waals surface area contributed by atoms with E-state index >= 15 is 0 Å². The van der Waals surface area contributed by atoms with Crippen molar-refractivity contribution in [3.8, 4) is 0 Å². The number of halogens is 2. The molecule has 0 saturated heterocycles. The van der Waals surface area contributed by atoms with Gasteiger partial charge in [-0.15, -0.1) is 0 Å². The number of nitrogens with one attached hydrogen (secondary N) is 1. The molecule has 0 amide bonds. The van der Waals surface area contributed by atoms with Gasteiger partial charge in [-0.1, -0.05) is 11.6 Å². The number of anilines is 1. The van der Waals surface area contributed by atoms with Crippen molar-refractivity contribution in [2.75, 3.05) is 19.0 Å². The SMILES string of the molecule is COC(=O)CCNc1c([N+](=O)[O-])ccc(Cl)c1F. The Kier molecular flexibility index (Phi) is 4.85. The molecule has 0 aromatic heterocycles. The zero-order valence-corrected chi connectivity index (χ0v) is 10.2. The van der Waals surface area contributed by atoms with Crippen LogP contribution in [0.15, 0.2) is 12.1 Å². The first-order chi connectivity index (χ1) is 8.47. The van der Waals surface area contributed by atoms with Gasteiger partial charge in [-0.3, -0.25) is 14.9 Å². The van der Waals surface area contributed by atoms with E-state index in [9.17, 15) is 19.3 Å². The lowest BCUT2D eigenvalue weighted by Gasteiger charge is -2.08. The highest BCUT2D eigenvalue weighted by Crippen LogP contribution is 2.31. The normalized spacial score (nSPS) is 9.94. The van der Waals surface area contributed by atoms with Gasteiger partial charge in [-0.05, 0) is 6.07 Å². The Morgan fingerprint density at radius 1 is 1.61 bits per heavy atom. The molecule has 0 aliphatic carbocycles. The Balaban J connectivity index is 2.89. The first kappa shape index (κ1) is 14.2. The number of benzene rings is 1. The van der Waals surface area contributed by atoms with Crippen LogP contribution >= 0.6 is 11.6 Å². The van der Waals surface area contributed by atoms with Crippen molar-refractivity contribution in [1.29, 1.82) is 0 Å². The van der Waals surface area contributed by atoms with E-state index in [-0.39, 0.29) is 23.7 Å². The smallest absolute Gasteiger partial charge is 0.307 e. The van der Waals surface area contributed by atoms with Gasteiger partial charge in [0.15, 0.2) is 11.5 Å². The van der Waals surface area contributed by atoms with Crippen LogP contribution in [-0.4, -0.2) is 24.5 Å². The molecule has 18 heavy (non-hydrogen) atoms. The van der Waals surface area contributed by atoms with E-state index in [0.29, 0.717) is 0 Å². The number of nitro benzene ring substituents is 1. The van der Waals surface area contributed by atoms with E-state index in [1.807, 2.05) is 0 Å². The first-order valence-corrected chi connectivity index (χ1v) is 5.28. The molecule has 1 aromatic rings. The number of nitrogens with zero attached hydrogens (tertiary/aromatic N) is 1. The summed E-state index contributed by atoms with van der Waals surface area (Å²) in [5, 5.41) is 12.9. The predicted molar refractivity (Wildman–Crippen MR) is 63.2 cm³/mol. The van der Waals surface area contributed by atoms with Gasteiger partial charge in [0.2, 0.25) is 0 Å². The minimum atomic E-state index is -0.921. The lowest BCUT2D eigenvalue weighted by molar-refractivity contribution is -0.384. The van der Waals surface area contributed by atoms with Crippen LogP contribution in [0.3, 0.4) is 0 Å². The van der Waals surface area contributed by atoms with Gasteiger partial charge in [0.25, 0.3) is 5.69 Å². The van der Waals surface area contributed by atoms with Crippen LogP contribution in [0, 0.1) is 15.9 Å². The van der Waals surface area contributed by atoms with Crippen LogP contribution in [0.1, 0.15) is 6.42 Å². The van der Waals surface area contributed by atoms with Gasteiger partial charge in [0.05, 0.1) is 23.5 Å². The van der Waals surface area contributed by atoms with E-state index in [2.05, 4.69) is 10.1 Å². The number of rotatable bonds is 5. The molecule has 0 bridgehead atoms. The topological polar surface area (TPSA) is 81.5 Å². The van der Waals surface area contributed by atoms with Gasteiger partial charge in [-0.25, -0.2) is 4.39 Å². The molecule has 0 aliphatic heterocycles. The third-order valence-electron chi connectivity index (χ3n) is 2.13. The predicted octanol–water partition coefficient (Wildman–Crippen LogP) is 2.36. The number of hydrogen-bond acceptors (Lipinski definition) is 5. The summed E-state index contributed by atoms with van der Waals surface area (Å²) in [5.41, 5.74) is -0.779. The van der Waals surface area contributed by atoms with Crippen molar-refractivity contribution >= 4 is 28.9 Å². The largest absolute Gasteiger partial charge is 0.469 e. The van der Waals surface area contributed by atoms with Crippen LogP contribution in [0.2, 0.25) is 5.02 Å². The summed E-state index contributed by atoms with van der Waals surface area (Å²) in [5.74, 6) is -1.43. The van der Waals surface area contributed by atoms with Crippen LogP contribution < -0.4 is 5.32 Å². The van der Waals surface area contributed by atoms with Gasteiger partial charge < -0.3 is 10.1 Å². The second kappa shape index (κ2) is 6.15. The molecular weight excluding hydrogens is 267 g/mol. The summed E-state index contributed by atoms with van der Waals surface area (Å²) >= 11 is 5.53. The maximum Gasteiger partial charge on any atom is 0.307 e. The van der Waals surface area contributed by atoms with E-state index in [1.54, 1.807) is 0 Å². The minimum absolute atomic E-state index is 0.00474. The molecule has 0 atom stereocenters. The molecular formula is C10H10ClFN2O4. The number of esters is 1. The van der Waals surface area contributed by atoms with Crippen molar-refractivity contribution < 1.29 is 18.8 Å². The van der Waals surface area contributed by atoms with Crippen molar-refractivity contribution in [3.63, 3.8) is 0 Å². The highest BCUT2D eigenvalue weighted by atomic mass is 35.5. The summed E-state index contributed by atoms with van der Waals surface area (Å²) in [6.45, 7) is 0.00474. The van der Waals surface area contributed by atoms with E-state index < -0.39 is 22.4 Å². The van der Waals surface area contributed by atoms with Crippen LogP contribution in [0.25, 0.3) is 0 Å². The number of carbonyl (C=O) groups is 1. The number of carbonyl (C=O) groups excluding carboxylic acids is 1. The maximum absolute atomic E-state index is 13.6. The number of ether oxygens (including phenoxy) is 1. The number of hydrogen-bond donors (Lipinski definition) is 1. The summed E-state index contributed by atoms with van der Waals surface area (Å²) in [7, 11) is 1.21. The highest BCUT2D eigenvalue weighted by Gasteiger charge is 2.20. The Labute approximate surface area is 107 Å². The second-order valence-corrected chi connectivity index (χ2v) is 3.67. The third kappa shape index (κ3) is 3.30. The van der Waals surface area contributed by atoms with Crippen molar-refractivity contribution in [3.05, 3.63) is 33.1 Å². The molecule has 0 radical (unpaired) electrons. The van der Waals surface area contributed by atoms with E-state index in [1.165, 1.54) is 7.11 Å². The summed E-state index contributed by atoms with van der Waals surface area (Å²) in [6, 6.07) is 2.19. The average molecular weight is 277 g/mol. The third-order valence-corrected chi connectivity index (χ3v) is 2.42.